The minimum Gasteiger partial charge on any atom is -0.497 e. The van der Waals surface area contributed by atoms with Crippen LogP contribution in [0.2, 0.25) is 5.02 Å². The number of hydrogen-bond donors (Lipinski definition) is 1. The maximum atomic E-state index is 5.95. The van der Waals surface area contributed by atoms with E-state index in [2.05, 4.69) is 22.2 Å². The molecule has 0 amide bonds. The fourth-order valence-corrected chi connectivity index (χ4v) is 3.20. The normalized spacial score (nSPS) is 15.4. The molecule has 1 saturated heterocycles. The van der Waals surface area contributed by atoms with Crippen molar-refractivity contribution in [2.75, 3.05) is 40.4 Å². The lowest BCUT2D eigenvalue weighted by molar-refractivity contribution is -0.918. The summed E-state index contributed by atoms with van der Waals surface area (Å²) in [5.41, 5.74) is 2.24. The van der Waals surface area contributed by atoms with Crippen LogP contribution in [0.4, 0.5) is 0 Å². The number of piperazine rings is 1. The van der Waals surface area contributed by atoms with Crippen LogP contribution in [-0.4, -0.2) is 51.6 Å². The number of benzene rings is 2. The fraction of sp³-hybridized carbons (Fsp3) is 0.350. The zero-order chi connectivity index (χ0) is 18.4. The molecule has 0 spiro atoms. The number of nitrogens with one attached hydrogen (secondary N) is 1. The molecule has 0 saturated carbocycles. The minimum absolute atomic E-state index is 0.788. The predicted molar refractivity (Wildman–Crippen MR) is 105 cm³/mol. The van der Waals surface area contributed by atoms with Crippen molar-refractivity contribution in [2.45, 2.75) is 6.54 Å². The number of hydrogen-bond acceptors (Lipinski definition) is 4. The Morgan fingerprint density at radius 2 is 1.81 bits per heavy atom. The van der Waals surface area contributed by atoms with E-state index in [0.29, 0.717) is 0 Å². The second-order valence-corrected chi connectivity index (χ2v) is 6.80. The van der Waals surface area contributed by atoms with Gasteiger partial charge in [0, 0.05) is 16.1 Å². The van der Waals surface area contributed by atoms with Gasteiger partial charge in [0.2, 0.25) is 0 Å². The van der Waals surface area contributed by atoms with E-state index >= 15 is 0 Å². The van der Waals surface area contributed by atoms with Gasteiger partial charge in [0.25, 0.3) is 0 Å². The van der Waals surface area contributed by atoms with Crippen molar-refractivity contribution in [3.05, 3.63) is 58.6 Å². The standard InChI is InChI=1S/C20H24ClN3O2/c1-25-19-7-8-20(26-2)17(13-19)14-22-24-11-9-23(10-12-24)15-16-3-5-18(21)6-4-16/h3-8,13-14H,9-12,15H2,1-2H3/p+1/b22-14-. The molecule has 0 aromatic heterocycles. The first-order valence-electron chi connectivity index (χ1n) is 8.77. The van der Waals surface area contributed by atoms with Gasteiger partial charge in [-0.15, -0.1) is 0 Å². The van der Waals surface area contributed by atoms with Crippen LogP contribution < -0.4 is 14.4 Å². The monoisotopic (exact) mass is 374 g/mol. The Morgan fingerprint density at radius 3 is 2.46 bits per heavy atom. The van der Waals surface area contributed by atoms with E-state index in [1.165, 1.54) is 5.56 Å². The molecule has 0 bridgehead atoms. The third-order valence-electron chi connectivity index (χ3n) is 4.61. The van der Waals surface area contributed by atoms with Crippen LogP contribution in [0, 0.1) is 0 Å². The van der Waals surface area contributed by atoms with Gasteiger partial charge in [-0.05, 0) is 30.3 Å². The highest BCUT2D eigenvalue weighted by atomic mass is 35.5. The lowest BCUT2D eigenvalue weighted by Gasteiger charge is -2.30. The molecule has 26 heavy (non-hydrogen) atoms. The third kappa shape index (κ3) is 4.90. The Kier molecular flexibility index (Phi) is 6.36. The van der Waals surface area contributed by atoms with Gasteiger partial charge in [0.15, 0.2) is 0 Å². The molecule has 2 aromatic rings. The van der Waals surface area contributed by atoms with Gasteiger partial charge >= 0.3 is 0 Å². The SMILES string of the molecule is COc1ccc(OC)c(/C=N\N2CC[NH+](Cc3ccc(Cl)cc3)CC2)c1. The summed E-state index contributed by atoms with van der Waals surface area (Å²) in [6.07, 6.45) is 1.85. The quantitative estimate of drug-likeness (QED) is 0.787. The molecular formula is C20H25ClN3O2+. The molecule has 138 valence electrons. The van der Waals surface area contributed by atoms with Crippen molar-refractivity contribution in [2.24, 2.45) is 5.10 Å². The highest BCUT2D eigenvalue weighted by Gasteiger charge is 2.18. The first-order valence-corrected chi connectivity index (χ1v) is 9.14. The molecule has 1 fully saturated rings. The molecule has 1 N–H and O–H groups in total. The van der Waals surface area contributed by atoms with Crippen molar-refractivity contribution < 1.29 is 14.4 Å². The summed E-state index contributed by atoms with van der Waals surface area (Å²) in [5, 5.41) is 7.54. The first kappa shape index (κ1) is 18.5. The molecule has 0 atom stereocenters. The molecular weight excluding hydrogens is 350 g/mol. The minimum atomic E-state index is 0.788. The second kappa shape index (κ2) is 8.92. The average molecular weight is 375 g/mol. The number of rotatable bonds is 6. The van der Waals surface area contributed by atoms with Crippen LogP contribution in [-0.2, 0) is 6.54 Å². The summed E-state index contributed by atoms with van der Waals surface area (Å²) < 4.78 is 10.7. The van der Waals surface area contributed by atoms with Gasteiger partial charge in [0.05, 0.1) is 46.6 Å². The molecule has 1 heterocycles. The van der Waals surface area contributed by atoms with Gasteiger partial charge in [-0.25, -0.2) is 0 Å². The summed E-state index contributed by atoms with van der Waals surface area (Å²) in [6.45, 7) is 5.03. The van der Waals surface area contributed by atoms with Crippen LogP contribution in [0.5, 0.6) is 11.5 Å². The smallest absolute Gasteiger partial charge is 0.127 e. The van der Waals surface area contributed by atoms with E-state index in [1.807, 2.05) is 36.5 Å². The van der Waals surface area contributed by atoms with Crippen molar-refractivity contribution in [1.29, 1.82) is 0 Å². The second-order valence-electron chi connectivity index (χ2n) is 6.36. The summed E-state index contributed by atoms with van der Waals surface area (Å²) in [6, 6.07) is 13.8. The number of halogens is 1. The molecule has 0 radical (unpaired) electrons. The number of hydrazone groups is 1. The van der Waals surface area contributed by atoms with Crippen molar-refractivity contribution in [3.63, 3.8) is 0 Å². The number of methoxy groups -OCH3 is 2. The summed E-state index contributed by atoms with van der Waals surface area (Å²) in [5.74, 6) is 1.59. The van der Waals surface area contributed by atoms with Crippen molar-refractivity contribution in [1.82, 2.24) is 5.01 Å². The van der Waals surface area contributed by atoms with E-state index in [0.717, 1.165) is 54.8 Å². The molecule has 1 aliphatic rings. The fourth-order valence-electron chi connectivity index (χ4n) is 3.08. The highest BCUT2D eigenvalue weighted by Crippen LogP contribution is 2.22. The van der Waals surface area contributed by atoms with Gasteiger partial charge < -0.3 is 14.4 Å². The molecule has 3 rings (SSSR count). The summed E-state index contributed by atoms with van der Waals surface area (Å²) >= 11 is 5.95. The van der Waals surface area contributed by atoms with Crippen LogP contribution in [0.15, 0.2) is 47.6 Å². The van der Waals surface area contributed by atoms with Gasteiger partial charge in [-0.2, -0.15) is 5.10 Å². The Labute approximate surface area is 159 Å². The number of quaternary nitrogens is 1. The zero-order valence-electron chi connectivity index (χ0n) is 15.2. The largest absolute Gasteiger partial charge is 0.497 e. The molecule has 1 aliphatic heterocycles. The van der Waals surface area contributed by atoms with Crippen molar-refractivity contribution in [3.8, 4) is 11.5 Å². The Balaban J connectivity index is 1.55. The Bertz CT molecular complexity index is 741. The highest BCUT2D eigenvalue weighted by molar-refractivity contribution is 6.30. The Hall–Kier alpha value is -2.24. The van der Waals surface area contributed by atoms with Gasteiger partial charge in [-0.1, -0.05) is 23.7 Å². The molecule has 0 aliphatic carbocycles. The summed E-state index contributed by atoms with van der Waals surface area (Å²) in [4.78, 5) is 1.57. The average Bonchev–Trinajstić information content (AvgIpc) is 2.69. The van der Waals surface area contributed by atoms with E-state index in [9.17, 15) is 0 Å². The van der Waals surface area contributed by atoms with E-state index in [4.69, 9.17) is 21.1 Å². The predicted octanol–water partition coefficient (Wildman–Crippen LogP) is 2.09. The topological polar surface area (TPSA) is 38.5 Å². The lowest BCUT2D eigenvalue weighted by Crippen LogP contribution is -3.13. The molecule has 6 heteroatoms. The number of nitrogens with zero attached hydrogens (tertiary/aromatic N) is 2. The third-order valence-corrected chi connectivity index (χ3v) is 4.86. The molecule has 0 unspecified atom stereocenters. The maximum Gasteiger partial charge on any atom is 0.127 e. The summed E-state index contributed by atoms with van der Waals surface area (Å²) in [7, 11) is 3.32. The maximum absolute atomic E-state index is 5.95. The van der Waals surface area contributed by atoms with Crippen LogP contribution in [0.25, 0.3) is 0 Å². The van der Waals surface area contributed by atoms with Gasteiger partial charge in [0.1, 0.15) is 18.0 Å². The van der Waals surface area contributed by atoms with Gasteiger partial charge in [-0.3, -0.25) is 5.01 Å². The zero-order valence-corrected chi connectivity index (χ0v) is 16.0. The van der Waals surface area contributed by atoms with E-state index < -0.39 is 0 Å². The molecule has 2 aromatic carbocycles. The van der Waals surface area contributed by atoms with Crippen LogP contribution >= 0.6 is 11.6 Å². The Morgan fingerprint density at radius 1 is 1.08 bits per heavy atom. The van der Waals surface area contributed by atoms with E-state index in [-0.39, 0.29) is 0 Å². The van der Waals surface area contributed by atoms with E-state index in [1.54, 1.807) is 19.1 Å². The first-order chi connectivity index (χ1) is 12.7. The number of ether oxygens (including phenoxy) is 2. The van der Waals surface area contributed by atoms with Crippen LogP contribution in [0.1, 0.15) is 11.1 Å². The molecule has 5 nitrogen and oxygen atoms in total. The van der Waals surface area contributed by atoms with Crippen LogP contribution in [0.3, 0.4) is 0 Å². The lowest BCUT2D eigenvalue weighted by atomic mass is 10.2. The van der Waals surface area contributed by atoms with Crippen molar-refractivity contribution >= 4 is 17.8 Å².